The average Bonchev–Trinajstić information content (AvgIpc) is 2.42. The summed E-state index contributed by atoms with van der Waals surface area (Å²) < 4.78 is 11.3. The zero-order valence-corrected chi connectivity index (χ0v) is 14.0. The molecule has 0 saturated carbocycles. The Morgan fingerprint density at radius 3 is 2.60 bits per heavy atom. The number of hydrogen-bond acceptors (Lipinski definition) is 4. The fraction of sp³-hybridized carbons (Fsp3) is 0.462. The third-order valence-electron chi connectivity index (χ3n) is 2.59. The van der Waals surface area contributed by atoms with Gasteiger partial charge in [0.2, 0.25) is 5.91 Å². The van der Waals surface area contributed by atoms with Crippen LogP contribution in [-0.4, -0.2) is 26.7 Å². The largest absolute Gasteiger partial charge is 0.493 e. The highest BCUT2D eigenvalue weighted by Crippen LogP contribution is 2.36. The normalized spacial score (nSPS) is 9.60. The molecule has 0 radical (unpaired) electrons. The quantitative estimate of drug-likeness (QED) is 0.775. The van der Waals surface area contributed by atoms with E-state index in [-0.39, 0.29) is 18.3 Å². The molecule has 0 aromatic heterocycles. The van der Waals surface area contributed by atoms with Gasteiger partial charge in [-0.05, 0) is 46.6 Å². The first kappa shape index (κ1) is 19.0. The number of carbonyl (C=O) groups is 1. The van der Waals surface area contributed by atoms with E-state index in [0.717, 1.165) is 10.0 Å². The van der Waals surface area contributed by atoms with Crippen molar-refractivity contribution in [2.75, 3.05) is 20.8 Å². The van der Waals surface area contributed by atoms with E-state index in [1.807, 2.05) is 12.1 Å². The zero-order chi connectivity index (χ0) is 14.3. The lowest BCUT2D eigenvalue weighted by Gasteiger charge is -2.12. The lowest BCUT2D eigenvalue weighted by atomic mass is 10.2. The van der Waals surface area contributed by atoms with Crippen LogP contribution in [0.2, 0.25) is 0 Å². The van der Waals surface area contributed by atoms with Gasteiger partial charge in [0.1, 0.15) is 0 Å². The van der Waals surface area contributed by atoms with Gasteiger partial charge in [0.15, 0.2) is 11.5 Å². The van der Waals surface area contributed by atoms with Crippen molar-refractivity contribution in [1.29, 1.82) is 0 Å². The molecule has 114 valence electrons. The second-order valence-electron chi connectivity index (χ2n) is 3.98. The van der Waals surface area contributed by atoms with Gasteiger partial charge in [0.05, 0.1) is 18.7 Å². The van der Waals surface area contributed by atoms with Gasteiger partial charge in [-0.15, -0.1) is 12.4 Å². The molecule has 0 aliphatic carbocycles. The molecular formula is C13H20BrClN2O3. The Labute approximate surface area is 133 Å². The number of ether oxygens (including phenoxy) is 2. The Hall–Kier alpha value is -0.980. The fourth-order valence-corrected chi connectivity index (χ4v) is 2.28. The van der Waals surface area contributed by atoms with Crippen LogP contribution in [0.15, 0.2) is 16.6 Å². The number of methoxy groups -OCH3 is 2. The molecule has 20 heavy (non-hydrogen) atoms. The van der Waals surface area contributed by atoms with Crippen LogP contribution in [-0.2, 0) is 11.3 Å². The van der Waals surface area contributed by atoms with Crippen LogP contribution < -0.4 is 20.5 Å². The van der Waals surface area contributed by atoms with Gasteiger partial charge in [-0.2, -0.15) is 0 Å². The average molecular weight is 368 g/mol. The zero-order valence-electron chi connectivity index (χ0n) is 11.6. The second-order valence-corrected chi connectivity index (χ2v) is 4.84. The van der Waals surface area contributed by atoms with Crippen molar-refractivity contribution in [3.8, 4) is 11.5 Å². The van der Waals surface area contributed by atoms with E-state index in [1.54, 1.807) is 14.2 Å². The minimum atomic E-state index is -0.00337. The summed E-state index contributed by atoms with van der Waals surface area (Å²) >= 11 is 3.41. The van der Waals surface area contributed by atoms with Gasteiger partial charge in [-0.25, -0.2) is 0 Å². The summed E-state index contributed by atoms with van der Waals surface area (Å²) in [7, 11) is 3.16. The number of nitrogens with one attached hydrogen (secondary N) is 1. The summed E-state index contributed by atoms with van der Waals surface area (Å²) in [6.07, 6.45) is 1.15. The predicted molar refractivity (Wildman–Crippen MR) is 84.6 cm³/mol. The molecule has 0 saturated heterocycles. The van der Waals surface area contributed by atoms with E-state index in [2.05, 4.69) is 21.2 Å². The highest BCUT2D eigenvalue weighted by atomic mass is 79.9. The molecule has 1 aromatic rings. The molecule has 7 heteroatoms. The third-order valence-corrected chi connectivity index (χ3v) is 3.18. The molecule has 5 nitrogen and oxygen atoms in total. The number of hydrogen-bond donors (Lipinski definition) is 2. The first-order valence-electron chi connectivity index (χ1n) is 5.99. The van der Waals surface area contributed by atoms with Crippen LogP contribution in [0.3, 0.4) is 0 Å². The van der Waals surface area contributed by atoms with E-state index in [4.69, 9.17) is 15.2 Å². The van der Waals surface area contributed by atoms with Gasteiger partial charge in [0.25, 0.3) is 0 Å². The highest BCUT2D eigenvalue weighted by molar-refractivity contribution is 9.10. The summed E-state index contributed by atoms with van der Waals surface area (Å²) in [5.41, 5.74) is 6.29. The molecule has 0 bridgehead atoms. The van der Waals surface area contributed by atoms with Crippen molar-refractivity contribution in [2.45, 2.75) is 19.4 Å². The molecule has 0 heterocycles. The molecule has 1 aromatic carbocycles. The van der Waals surface area contributed by atoms with Crippen molar-refractivity contribution in [3.63, 3.8) is 0 Å². The number of carbonyl (C=O) groups excluding carboxylic acids is 1. The Balaban J connectivity index is 0.00000361. The van der Waals surface area contributed by atoms with Crippen molar-refractivity contribution >= 4 is 34.2 Å². The third kappa shape index (κ3) is 5.56. The van der Waals surface area contributed by atoms with Crippen LogP contribution in [0.25, 0.3) is 0 Å². The molecular weight excluding hydrogens is 348 g/mol. The predicted octanol–water partition coefficient (Wildman–Crippen LogP) is 2.24. The SMILES string of the molecule is COc1cc(CNC(=O)CCCN)cc(Br)c1OC.Cl. The van der Waals surface area contributed by atoms with E-state index in [9.17, 15) is 4.79 Å². The van der Waals surface area contributed by atoms with Gasteiger partial charge in [-0.1, -0.05) is 0 Å². The Morgan fingerprint density at radius 2 is 2.05 bits per heavy atom. The van der Waals surface area contributed by atoms with Crippen LogP contribution in [0.5, 0.6) is 11.5 Å². The van der Waals surface area contributed by atoms with Gasteiger partial charge >= 0.3 is 0 Å². The smallest absolute Gasteiger partial charge is 0.220 e. The molecule has 0 aliphatic rings. The summed E-state index contributed by atoms with van der Waals surface area (Å²) in [6, 6.07) is 3.73. The maximum Gasteiger partial charge on any atom is 0.220 e. The maximum absolute atomic E-state index is 11.5. The summed E-state index contributed by atoms with van der Waals surface area (Å²) in [6.45, 7) is 0.970. The monoisotopic (exact) mass is 366 g/mol. The Kier molecular flexibility index (Phi) is 9.37. The molecule has 0 aliphatic heterocycles. The lowest BCUT2D eigenvalue weighted by molar-refractivity contribution is -0.121. The standard InChI is InChI=1S/C13H19BrN2O3.ClH/c1-18-11-7-9(6-10(14)13(11)19-2)8-16-12(17)4-3-5-15;/h6-7H,3-5,8,15H2,1-2H3,(H,16,17);1H. The van der Waals surface area contributed by atoms with Crippen LogP contribution in [0.4, 0.5) is 0 Å². The van der Waals surface area contributed by atoms with Crippen LogP contribution >= 0.6 is 28.3 Å². The molecule has 0 fully saturated rings. The van der Waals surface area contributed by atoms with Crippen molar-refractivity contribution in [3.05, 3.63) is 22.2 Å². The first-order chi connectivity index (χ1) is 9.12. The molecule has 1 amide bonds. The lowest BCUT2D eigenvalue weighted by Crippen LogP contribution is -2.23. The maximum atomic E-state index is 11.5. The second kappa shape index (κ2) is 9.85. The van der Waals surface area contributed by atoms with Gasteiger partial charge < -0.3 is 20.5 Å². The van der Waals surface area contributed by atoms with Gasteiger partial charge in [0, 0.05) is 13.0 Å². The minimum Gasteiger partial charge on any atom is -0.493 e. The molecule has 1 rings (SSSR count). The molecule has 0 atom stereocenters. The van der Waals surface area contributed by atoms with E-state index in [0.29, 0.717) is 37.4 Å². The van der Waals surface area contributed by atoms with E-state index < -0.39 is 0 Å². The number of halogens is 2. The summed E-state index contributed by atoms with van der Waals surface area (Å²) in [5.74, 6) is 1.26. The van der Waals surface area contributed by atoms with E-state index in [1.165, 1.54) is 0 Å². The number of amides is 1. The van der Waals surface area contributed by atoms with Crippen molar-refractivity contribution in [2.24, 2.45) is 5.73 Å². The summed E-state index contributed by atoms with van der Waals surface area (Å²) in [5, 5.41) is 2.84. The first-order valence-corrected chi connectivity index (χ1v) is 6.78. The van der Waals surface area contributed by atoms with Gasteiger partial charge in [-0.3, -0.25) is 4.79 Å². The topological polar surface area (TPSA) is 73.6 Å². The summed E-state index contributed by atoms with van der Waals surface area (Å²) in [4.78, 5) is 11.5. The van der Waals surface area contributed by atoms with Crippen LogP contribution in [0, 0.1) is 0 Å². The number of benzene rings is 1. The Bertz CT molecular complexity index is 444. The van der Waals surface area contributed by atoms with Crippen LogP contribution in [0.1, 0.15) is 18.4 Å². The van der Waals surface area contributed by atoms with Crippen molar-refractivity contribution in [1.82, 2.24) is 5.32 Å². The Morgan fingerprint density at radius 1 is 1.35 bits per heavy atom. The number of rotatable bonds is 7. The molecule has 0 spiro atoms. The van der Waals surface area contributed by atoms with Crippen molar-refractivity contribution < 1.29 is 14.3 Å². The van der Waals surface area contributed by atoms with E-state index >= 15 is 0 Å². The number of nitrogens with two attached hydrogens (primary N) is 1. The molecule has 3 N–H and O–H groups in total. The fourth-order valence-electron chi connectivity index (χ4n) is 1.63. The molecule has 0 unspecified atom stereocenters. The highest BCUT2D eigenvalue weighted by Gasteiger charge is 2.11. The minimum absolute atomic E-state index is 0.